The monoisotopic (exact) mass is 475 g/mol. The fourth-order valence-electron chi connectivity index (χ4n) is 3.10. The van der Waals surface area contributed by atoms with Gasteiger partial charge in [0.1, 0.15) is 0 Å². The number of sulfonamides is 1. The maximum Gasteiger partial charge on any atom is 0.417 e. The van der Waals surface area contributed by atoms with Crippen LogP contribution in [-0.4, -0.2) is 26.8 Å². The number of nitrogens with one attached hydrogen (secondary N) is 1. The van der Waals surface area contributed by atoms with Gasteiger partial charge in [-0.3, -0.25) is 9.10 Å². The minimum atomic E-state index is -4.58. The summed E-state index contributed by atoms with van der Waals surface area (Å²) in [6, 6.07) is 19.6. The third kappa shape index (κ3) is 6.19. The lowest BCUT2D eigenvalue weighted by molar-refractivity contribution is -0.137. The summed E-state index contributed by atoms with van der Waals surface area (Å²) in [4.78, 5) is 12.8. The molecule has 3 rings (SSSR count). The molecule has 0 bridgehead atoms. The molecular formula is C23H20F3N3O3S. The topological polar surface area (TPSA) is 78.8 Å². The Hall–Kier alpha value is -3.66. The maximum absolute atomic E-state index is 13.1. The molecule has 0 aromatic heterocycles. The number of amides is 1. The van der Waals surface area contributed by atoms with Gasteiger partial charge in [-0.1, -0.05) is 60.7 Å². The Labute approximate surface area is 189 Å². The first kappa shape index (κ1) is 24.0. The lowest BCUT2D eigenvalue weighted by Gasteiger charge is -2.24. The van der Waals surface area contributed by atoms with Gasteiger partial charge in [-0.05, 0) is 23.8 Å². The Bertz CT molecular complexity index is 1260. The molecule has 3 aromatic rings. The summed E-state index contributed by atoms with van der Waals surface area (Å²) < 4.78 is 65.4. The zero-order valence-corrected chi connectivity index (χ0v) is 18.3. The average molecular weight is 475 g/mol. The molecule has 0 radical (unpaired) electrons. The van der Waals surface area contributed by atoms with Crippen LogP contribution in [0.25, 0.3) is 0 Å². The summed E-state index contributed by atoms with van der Waals surface area (Å²) >= 11 is 0. The number of hydrazone groups is 1. The summed E-state index contributed by atoms with van der Waals surface area (Å²) in [5, 5.41) is 3.65. The molecule has 6 nitrogen and oxygen atoms in total. The van der Waals surface area contributed by atoms with Gasteiger partial charge in [-0.15, -0.1) is 0 Å². The number of hydrogen-bond acceptors (Lipinski definition) is 4. The standard InChI is InChI=1S/C23H20F3N3O3S/c1-33(31,32)29(16-17-9-3-2-4-10-17)21-14-8-6-12-19(21)22(30)28-27-15-18-11-5-7-13-20(18)23(24,25)26/h2-15H,16H2,1H3,(H,28,30)/b27-15-. The molecule has 33 heavy (non-hydrogen) atoms. The molecule has 0 heterocycles. The van der Waals surface area contributed by atoms with E-state index in [4.69, 9.17) is 0 Å². The Morgan fingerprint density at radius 2 is 1.58 bits per heavy atom. The largest absolute Gasteiger partial charge is 0.417 e. The predicted molar refractivity (Wildman–Crippen MR) is 120 cm³/mol. The summed E-state index contributed by atoms with van der Waals surface area (Å²) in [5.41, 5.74) is 1.89. The van der Waals surface area contributed by atoms with E-state index >= 15 is 0 Å². The van der Waals surface area contributed by atoms with Gasteiger partial charge in [0.2, 0.25) is 10.0 Å². The Kier molecular flexibility index (Phi) is 7.17. The summed E-state index contributed by atoms with van der Waals surface area (Å²) in [6.45, 7) is -0.00775. The van der Waals surface area contributed by atoms with E-state index in [2.05, 4.69) is 10.5 Å². The van der Waals surface area contributed by atoms with Crippen LogP contribution in [0, 0.1) is 0 Å². The van der Waals surface area contributed by atoms with Gasteiger partial charge in [0.25, 0.3) is 5.91 Å². The fourth-order valence-corrected chi connectivity index (χ4v) is 4.00. The van der Waals surface area contributed by atoms with Crippen LogP contribution in [0.4, 0.5) is 18.9 Å². The molecule has 0 atom stereocenters. The van der Waals surface area contributed by atoms with Crippen molar-refractivity contribution in [3.63, 3.8) is 0 Å². The van der Waals surface area contributed by atoms with Gasteiger partial charge >= 0.3 is 6.18 Å². The second-order valence-corrected chi connectivity index (χ2v) is 8.96. The van der Waals surface area contributed by atoms with Crippen LogP contribution in [0.15, 0.2) is 84.0 Å². The summed E-state index contributed by atoms with van der Waals surface area (Å²) in [7, 11) is -3.77. The SMILES string of the molecule is CS(=O)(=O)N(Cc1ccccc1)c1ccccc1C(=O)N/N=C\c1ccccc1C(F)(F)F. The highest BCUT2D eigenvalue weighted by molar-refractivity contribution is 7.92. The molecule has 3 aromatic carbocycles. The summed E-state index contributed by atoms with van der Waals surface area (Å²) in [5.74, 6) is -0.770. The lowest BCUT2D eigenvalue weighted by atomic mass is 10.1. The van der Waals surface area contributed by atoms with E-state index in [0.717, 1.165) is 22.8 Å². The molecule has 0 spiro atoms. The fraction of sp³-hybridized carbons (Fsp3) is 0.130. The average Bonchev–Trinajstić information content (AvgIpc) is 2.77. The molecule has 0 aliphatic rings. The van der Waals surface area contributed by atoms with Gasteiger partial charge in [0.05, 0.1) is 35.8 Å². The minimum Gasteiger partial charge on any atom is -0.267 e. The van der Waals surface area contributed by atoms with Gasteiger partial charge in [0.15, 0.2) is 0 Å². The van der Waals surface area contributed by atoms with E-state index in [0.29, 0.717) is 5.56 Å². The first-order chi connectivity index (χ1) is 15.6. The third-order valence-electron chi connectivity index (χ3n) is 4.62. The second-order valence-electron chi connectivity index (χ2n) is 7.06. The Morgan fingerprint density at radius 1 is 0.970 bits per heavy atom. The van der Waals surface area contributed by atoms with Crippen LogP contribution < -0.4 is 9.73 Å². The quantitative estimate of drug-likeness (QED) is 0.406. The van der Waals surface area contributed by atoms with Crippen LogP contribution >= 0.6 is 0 Å². The highest BCUT2D eigenvalue weighted by atomic mass is 32.2. The van der Waals surface area contributed by atoms with Gasteiger partial charge < -0.3 is 0 Å². The number of alkyl halides is 3. The smallest absolute Gasteiger partial charge is 0.267 e. The molecule has 1 amide bonds. The Balaban J connectivity index is 1.88. The van der Waals surface area contributed by atoms with Crippen LogP contribution in [0.3, 0.4) is 0 Å². The Morgan fingerprint density at radius 3 is 2.24 bits per heavy atom. The van der Waals surface area contributed by atoms with Crippen LogP contribution in [0.1, 0.15) is 27.0 Å². The number of carbonyl (C=O) groups excluding carboxylic acids is 1. The number of halogens is 3. The first-order valence-electron chi connectivity index (χ1n) is 9.67. The van der Waals surface area contributed by atoms with E-state index in [9.17, 15) is 26.4 Å². The predicted octanol–water partition coefficient (Wildman–Crippen LogP) is 4.44. The maximum atomic E-state index is 13.1. The molecular weight excluding hydrogens is 455 g/mol. The van der Waals surface area contributed by atoms with E-state index in [1.807, 2.05) is 0 Å². The van der Waals surface area contributed by atoms with E-state index in [1.165, 1.54) is 30.3 Å². The van der Waals surface area contributed by atoms with Crippen LogP contribution in [0.5, 0.6) is 0 Å². The van der Waals surface area contributed by atoms with Crippen molar-refractivity contribution >= 4 is 27.8 Å². The molecule has 0 aliphatic carbocycles. The van der Waals surface area contributed by atoms with Crippen molar-refractivity contribution in [3.05, 3.63) is 101 Å². The highest BCUT2D eigenvalue weighted by Gasteiger charge is 2.32. The van der Waals surface area contributed by atoms with E-state index in [1.54, 1.807) is 42.5 Å². The number of carbonyl (C=O) groups is 1. The summed E-state index contributed by atoms with van der Waals surface area (Å²) in [6.07, 6.45) is -2.66. The number of nitrogens with zero attached hydrogens (tertiary/aromatic N) is 2. The van der Waals surface area contributed by atoms with Crippen LogP contribution in [0.2, 0.25) is 0 Å². The second kappa shape index (κ2) is 9.86. The van der Waals surface area contributed by atoms with Crippen molar-refractivity contribution in [1.29, 1.82) is 0 Å². The normalized spacial score (nSPS) is 12.0. The zero-order valence-electron chi connectivity index (χ0n) is 17.5. The van der Waals surface area contributed by atoms with Crippen molar-refractivity contribution in [3.8, 4) is 0 Å². The highest BCUT2D eigenvalue weighted by Crippen LogP contribution is 2.31. The van der Waals surface area contributed by atoms with Gasteiger partial charge in [0, 0.05) is 5.56 Å². The number of rotatable bonds is 7. The first-order valence-corrected chi connectivity index (χ1v) is 11.5. The van der Waals surface area contributed by atoms with Crippen molar-refractivity contribution in [2.45, 2.75) is 12.7 Å². The van der Waals surface area contributed by atoms with Crippen molar-refractivity contribution < 1.29 is 26.4 Å². The van der Waals surface area contributed by atoms with Gasteiger partial charge in [-0.2, -0.15) is 18.3 Å². The number of anilines is 1. The molecule has 1 N–H and O–H groups in total. The molecule has 172 valence electrons. The van der Waals surface area contributed by atoms with Crippen molar-refractivity contribution in [2.75, 3.05) is 10.6 Å². The van der Waals surface area contributed by atoms with Crippen molar-refractivity contribution in [1.82, 2.24) is 5.43 Å². The number of para-hydroxylation sites is 1. The molecule has 0 fully saturated rings. The number of hydrogen-bond donors (Lipinski definition) is 1. The molecule has 0 saturated carbocycles. The van der Waals surface area contributed by atoms with E-state index < -0.39 is 27.7 Å². The lowest BCUT2D eigenvalue weighted by Crippen LogP contribution is -2.32. The zero-order chi connectivity index (χ0) is 24.1. The molecule has 0 aliphatic heterocycles. The molecule has 0 unspecified atom stereocenters. The molecule has 10 heteroatoms. The van der Waals surface area contributed by atoms with Crippen molar-refractivity contribution in [2.24, 2.45) is 5.10 Å². The minimum absolute atomic E-state index is 0.000104. The number of benzene rings is 3. The van der Waals surface area contributed by atoms with E-state index in [-0.39, 0.29) is 23.4 Å². The van der Waals surface area contributed by atoms with Gasteiger partial charge in [-0.25, -0.2) is 13.8 Å². The third-order valence-corrected chi connectivity index (χ3v) is 5.75. The van der Waals surface area contributed by atoms with Crippen LogP contribution in [-0.2, 0) is 22.7 Å². The molecule has 0 saturated heterocycles.